The normalized spacial score (nSPS) is 11.7. The molecule has 1 atom stereocenters. The molecule has 0 radical (unpaired) electrons. The molecule has 5 heteroatoms. The molecule has 86 valence electrons. The molecule has 0 aromatic heterocycles. The van der Waals surface area contributed by atoms with Crippen LogP contribution in [0.3, 0.4) is 0 Å². The van der Waals surface area contributed by atoms with Crippen LogP contribution >= 0.6 is 22.6 Å². The number of hydrogen-bond acceptors (Lipinski definition) is 4. The van der Waals surface area contributed by atoms with Crippen molar-refractivity contribution in [2.75, 3.05) is 0 Å². The lowest BCUT2D eigenvalue weighted by Crippen LogP contribution is -2.03. The first-order chi connectivity index (χ1) is 7.49. The maximum absolute atomic E-state index is 10.7. The molecule has 1 rings (SSSR count). The fraction of sp³-hybridized carbons (Fsp3) is 0.273. The van der Waals surface area contributed by atoms with E-state index in [1.54, 1.807) is 24.3 Å². The van der Waals surface area contributed by atoms with Crippen molar-refractivity contribution in [3.8, 4) is 5.75 Å². The molecule has 0 saturated heterocycles. The number of carbonyl (C=O) groups excluding carboxylic acids is 2. The van der Waals surface area contributed by atoms with Gasteiger partial charge in [0.15, 0.2) is 4.11 Å². The molecule has 0 aliphatic rings. The number of ether oxygens (including phenoxy) is 2. The summed E-state index contributed by atoms with van der Waals surface area (Å²) in [6, 6.07) is 6.81. The van der Waals surface area contributed by atoms with Gasteiger partial charge in [-0.05, 0) is 34.7 Å². The predicted octanol–water partition coefficient (Wildman–Crippen LogP) is 2.61. The first kappa shape index (κ1) is 13.0. The molecule has 0 bridgehead atoms. The summed E-state index contributed by atoms with van der Waals surface area (Å²) in [5.74, 6) is -0.218. The quantitative estimate of drug-likeness (QED) is 0.369. The Kier molecular flexibility index (Phi) is 4.72. The van der Waals surface area contributed by atoms with Crippen LogP contribution in [-0.4, -0.2) is 11.9 Å². The monoisotopic (exact) mass is 334 g/mol. The molecule has 0 fully saturated rings. The lowest BCUT2D eigenvalue weighted by molar-refractivity contribution is -0.142. The number of rotatable bonds is 3. The van der Waals surface area contributed by atoms with E-state index in [4.69, 9.17) is 9.47 Å². The predicted molar refractivity (Wildman–Crippen MR) is 66.3 cm³/mol. The molecule has 4 nitrogen and oxygen atoms in total. The summed E-state index contributed by atoms with van der Waals surface area (Å²) in [6.07, 6.45) is 0. The van der Waals surface area contributed by atoms with E-state index in [1.807, 2.05) is 22.6 Å². The number of benzene rings is 1. The SMILES string of the molecule is CC(=O)Oc1ccc(C(I)OC(C)=O)cc1. The fourth-order valence-electron chi connectivity index (χ4n) is 1.07. The van der Waals surface area contributed by atoms with Gasteiger partial charge >= 0.3 is 11.9 Å². The average Bonchev–Trinajstić information content (AvgIpc) is 2.16. The Labute approximate surface area is 107 Å². The summed E-state index contributed by atoms with van der Waals surface area (Å²) in [4.78, 5) is 21.4. The van der Waals surface area contributed by atoms with Crippen molar-refractivity contribution in [2.24, 2.45) is 0 Å². The highest BCUT2D eigenvalue weighted by molar-refractivity contribution is 14.1. The van der Waals surface area contributed by atoms with Gasteiger partial charge in [-0.3, -0.25) is 9.59 Å². The van der Waals surface area contributed by atoms with Crippen molar-refractivity contribution >= 4 is 34.5 Å². The third-order valence-corrected chi connectivity index (χ3v) is 2.65. The Hall–Kier alpha value is -1.11. The lowest BCUT2D eigenvalue weighted by atomic mass is 10.2. The zero-order valence-electron chi connectivity index (χ0n) is 8.90. The molecule has 1 aromatic rings. The van der Waals surface area contributed by atoms with Crippen LogP contribution in [0.5, 0.6) is 5.75 Å². The molecule has 0 aliphatic carbocycles. The third kappa shape index (κ3) is 4.18. The average molecular weight is 334 g/mol. The summed E-state index contributed by atoms with van der Waals surface area (Å²) < 4.78 is 9.55. The second-order valence-electron chi connectivity index (χ2n) is 3.09. The Morgan fingerprint density at radius 2 is 1.69 bits per heavy atom. The van der Waals surface area contributed by atoms with E-state index in [-0.39, 0.29) is 16.0 Å². The summed E-state index contributed by atoms with van der Waals surface area (Å²) in [6.45, 7) is 2.70. The summed E-state index contributed by atoms with van der Waals surface area (Å²) in [5.41, 5.74) is 0.840. The standard InChI is InChI=1S/C11H11IO4/c1-7(13)15-10-5-3-9(4-6-10)11(12)16-8(2)14/h3-6,11H,1-2H3. The van der Waals surface area contributed by atoms with Crippen LogP contribution in [0.1, 0.15) is 23.5 Å². The molecule has 0 heterocycles. The van der Waals surface area contributed by atoms with E-state index >= 15 is 0 Å². The van der Waals surface area contributed by atoms with Crippen LogP contribution in [0.2, 0.25) is 0 Å². The molecule has 16 heavy (non-hydrogen) atoms. The largest absolute Gasteiger partial charge is 0.447 e. The second-order valence-corrected chi connectivity index (χ2v) is 4.22. The Balaban J connectivity index is 2.70. The van der Waals surface area contributed by atoms with Crippen LogP contribution < -0.4 is 4.74 Å². The van der Waals surface area contributed by atoms with Gasteiger partial charge in [0.1, 0.15) is 5.75 Å². The first-order valence-electron chi connectivity index (χ1n) is 4.58. The van der Waals surface area contributed by atoms with Crippen LogP contribution in [0.25, 0.3) is 0 Å². The van der Waals surface area contributed by atoms with Crippen molar-refractivity contribution in [3.05, 3.63) is 29.8 Å². The molecule has 1 aromatic carbocycles. The zero-order chi connectivity index (χ0) is 12.1. The molecule has 0 spiro atoms. The second kappa shape index (κ2) is 5.83. The van der Waals surface area contributed by atoms with E-state index < -0.39 is 0 Å². The molecular formula is C11H11IO4. The van der Waals surface area contributed by atoms with E-state index in [2.05, 4.69) is 0 Å². The zero-order valence-corrected chi connectivity index (χ0v) is 11.1. The van der Waals surface area contributed by atoms with Gasteiger partial charge in [0.2, 0.25) is 0 Å². The van der Waals surface area contributed by atoms with E-state index in [9.17, 15) is 9.59 Å². The van der Waals surface area contributed by atoms with Crippen molar-refractivity contribution in [1.29, 1.82) is 0 Å². The van der Waals surface area contributed by atoms with Gasteiger partial charge in [-0.15, -0.1) is 0 Å². The minimum atomic E-state index is -0.362. The van der Waals surface area contributed by atoms with Crippen molar-refractivity contribution in [1.82, 2.24) is 0 Å². The maximum atomic E-state index is 10.7. The Morgan fingerprint density at radius 3 is 2.12 bits per heavy atom. The minimum absolute atomic E-state index is 0.330. The fourth-order valence-corrected chi connectivity index (χ4v) is 1.84. The number of halogens is 1. The van der Waals surface area contributed by atoms with Gasteiger partial charge in [-0.25, -0.2) is 0 Å². The van der Waals surface area contributed by atoms with Gasteiger partial charge in [0, 0.05) is 19.4 Å². The number of carbonyl (C=O) groups is 2. The first-order valence-corrected chi connectivity index (χ1v) is 5.83. The molecule has 1 unspecified atom stereocenters. The molecular weight excluding hydrogens is 323 g/mol. The van der Waals surface area contributed by atoms with Crippen LogP contribution in [0, 0.1) is 0 Å². The van der Waals surface area contributed by atoms with Crippen molar-refractivity contribution < 1.29 is 19.1 Å². The Bertz CT molecular complexity index is 385. The number of esters is 2. The van der Waals surface area contributed by atoms with Gasteiger partial charge in [-0.1, -0.05) is 12.1 Å². The van der Waals surface area contributed by atoms with Gasteiger partial charge < -0.3 is 9.47 Å². The Morgan fingerprint density at radius 1 is 1.12 bits per heavy atom. The minimum Gasteiger partial charge on any atom is -0.447 e. The summed E-state index contributed by atoms with van der Waals surface area (Å²) in [7, 11) is 0. The molecule has 0 amide bonds. The van der Waals surface area contributed by atoms with Crippen LogP contribution in [0.15, 0.2) is 24.3 Å². The van der Waals surface area contributed by atoms with Gasteiger partial charge in [0.05, 0.1) is 0 Å². The highest BCUT2D eigenvalue weighted by Gasteiger charge is 2.10. The number of alkyl halides is 1. The highest BCUT2D eigenvalue weighted by atomic mass is 127. The van der Waals surface area contributed by atoms with Crippen molar-refractivity contribution in [2.45, 2.75) is 18.0 Å². The van der Waals surface area contributed by atoms with E-state index in [1.165, 1.54) is 13.8 Å². The smallest absolute Gasteiger partial charge is 0.308 e. The van der Waals surface area contributed by atoms with Crippen LogP contribution in [0.4, 0.5) is 0 Å². The van der Waals surface area contributed by atoms with E-state index in [0.717, 1.165) is 5.56 Å². The summed E-state index contributed by atoms with van der Waals surface area (Å²) in [5, 5.41) is 0. The topological polar surface area (TPSA) is 52.6 Å². The lowest BCUT2D eigenvalue weighted by Gasteiger charge is -2.10. The van der Waals surface area contributed by atoms with Crippen LogP contribution in [-0.2, 0) is 14.3 Å². The summed E-state index contributed by atoms with van der Waals surface area (Å²) >= 11 is 2.01. The maximum Gasteiger partial charge on any atom is 0.308 e. The number of hydrogen-bond donors (Lipinski definition) is 0. The highest BCUT2D eigenvalue weighted by Crippen LogP contribution is 2.26. The molecule has 0 aliphatic heterocycles. The van der Waals surface area contributed by atoms with Crippen molar-refractivity contribution in [3.63, 3.8) is 0 Å². The van der Waals surface area contributed by atoms with Gasteiger partial charge in [0.25, 0.3) is 0 Å². The molecule has 0 N–H and O–H groups in total. The third-order valence-electron chi connectivity index (χ3n) is 1.67. The van der Waals surface area contributed by atoms with E-state index in [0.29, 0.717) is 5.75 Å². The molecule has 0 saturated carbocycles. The van der Waals surface area contributed by atoms with Gasteiger partial charge in [-0.2, -0.15) is 0 Å².